The van der Waals surface area contributed by atoms with Gasteiger partial charge in [-0.25, -0.2) is 0 Å². The Balaban J connectivity index is 2.40. The zero-order valence-corrected chi connectivity index (χ0v) is 14.9. The number of halogens is 3. The molecular formula is C17H17BrCl2O. The van der Waals surface area contributed by atoms with Crippen molar-refractivity contribution in [3.63, 3.8) is 0 Å². The number of alkyl halides is 2. The molecule has 0 aromatic heterocycles. The lowest BCUT2D eigenvalue weighted by molar-refractivity contribution is 0.413. The van der Waals surface area contributed by atoms with Gasteiger partial charge < -0.3 is 4.74 Å². The molecule has 0 fully saturated rings. The zero-order valence-electron chi connectivity index (χ0n) is 11.8. The van der Waals surface area contributed by atoms with Crippen molar-refractivity contribution < 1.29 is 4.74 Å². The van der Waals surface area contributed by atoms with E-state index in [0.29, 0.717) is 11.8 Å². The fourth-order valence-electron chi connectivity index (χ4n) is 2.43. The van der Waals surface area contributed by atoms with Gasteiger partial charge in [-0.1, -0.05) is 46.3 Å². The van der Waals surface area contributed by atoms with Gasteiger partial charge in [-0.2, -0.15) is 0 Å². The number of ether oxygens (including phenoxy) is 1. The quantitative estimate of drug-likeness (QED) is 0.601. The Bertz CT molecular complexity index is 597. The molecular weight excluding hydrogens is 371 g/mol. The third-order valence-corrected chi connectivity index (χ3v) is 5.35. The maximum absolute atomic E-state index is 6.32. The average Bonchev–Trinajstić information content (AvgIpc) is 2.53. The fraction of sp³-hybridized carbons (Fsp3) is 0.294. The monoisotopic (exact) mass is 386 g/mol. The maximum Gasteiger partial charge on any atom is 0.119 e. The minimum atomic E-state index is -0.310. The van der Waals surface area contributed by atoms with Gasteiger partial charge in [-0.3, -0.25) is 0 Å². The van der Waals surface area contributed by atoms with Crippen LogP contribution >= 0.6 is 39.1 Å². The molecule has 2 aromatic rings. The Morgan fingerprint density at radius 1 is 1.05 bits per heavy atom. The number of benzene rings is 2. The lowest BCUT2D eigenvalue weighted by Gasteiger charge is -2.31. The summed E-state index contributed by atoms with van der Waals surface area (Å²) in [5, 5.41) is 0. The van der Waals surface area contributed by atoms with Crippen molar-refractivity contribution in [1.82, 2.24) is 0 Å². The summed E-state index contributed by atoms with van der Waals surface area (Å²) in [6, 6.07) is 16.1. The summed E-state index contributed by atoms with van der Waals surface area (Å²) in [5.74, 6) is 1.75. The van der Waals surface area contributed by atoms with Gasteiger partial charge in [0.2, 0.25) is 0 Å². The molecule has 1 nitrogen and oxygen atoms in total. The average molecular weight is 388 g/mol. The Labute approximate surface area is 144 Å². The van der Waals surface area contributed by atoms with E-state index in [9.17, 15) is 0 Å². The highest BCUT2D eigenvalue weighted by atomic mass is 79.9. The Morgan fingerprint density at radius 2 is 1.76 bits per heavy atom. The van der Waals surface area contributed by atoms with Gasteiger partial charge >= 0.3 is 0 Å². The molecule has 0 bridgehead atoms. The van der Waals surface area contributed by atoms with Gasteiger partial charge in [-0.15, -0.1) is 23.2 Å². The summed E-state index contributed by atoms with van der Waals surface area (Å²) in [6.07, 6.45) is 0.764. The normalized spacial score (nSPS) is 11.4. The van der Waals surface area contributed by atoms with Crippen LogP contribution in [0.15, 0.2) is 53.0 Å². The first-order valence-electron chi connectivity index (χ1n) is 6.65. The highest BCUT2D eigenvalue weighted by molar-refractivity contribution is 9.10. The van der Waals surface area contributed by atoms with E-state index in [1.165, 1.54) is 0 Å². The fourth-order valence-corrected chi connectivity index (χ4v) is 3.90. The maximum atomic E-state index is 6.32. The van der Waals surface area contributed by atoms with Crippen LogP contribution < -0.4 is 4.74 Å². The second kappa shape index (κ2) is 7.53. The summed E-state index contributed by atoms with van der Waals surface area (Å²) >= 11 is 16.2. The van der Waals surface area contributed by atoms with Crippen molar-refractivity contribution in [2.75, 3.05) is 18.9 Å². The summed E-state index contributed by atoms with van der Waals surface area (Å²) in [5.41, 5.74) is 1.99. The first-order valence-corrected chi connectivity index (χ1v) is 8.51. The number of hydrogen-bond acceptors (Lipinski definition) is 1. The van der Waals surface area contributed by atoms with Gasteiger partial charge in [0.05, 0.1) is 7.11 Å². The van der Waals surface area contributed by atoms with Crippen LogP contribution in [0.3, 0.4) is 0 Å². The SMILES string of the molecule is COc1cccc(CC(CCl)(CCl)c2ccccc2Br)c1. The van der Waals surface area contributed by atoms with Crippen LogP contribution in [0, 0.1) is 0 Å². The van der Waals surface area contributed by atoms with Crippen molar-refractivity contribution in [3.8, 4) is 5.75 Å². The second-order valence-corrected chi connectivity index (χ2v) is 6.44. The third kappa shape index (κ3) is 3.74. The second-order valence-electron chi connectivity index (χ2n) is 5.06. The molecule has 0 saturated heterocycles. The first-order chi connectivity index (χ1) is 10.1. The Morgan fingerprint density at radius 3 is 2.38 bits per heavy atom. The van der Waals surface area contributed by atoms with Gasteiger partial charge in [0.25, 0.3) is 0 Å². The van der Waals surface area contributed by atoms with E-state index in [2.05, 4.69) is 28.1 Å². The summed E-state index contributed by atoms with van der Waals surface area (Å²) < 4.78 is 6.33. The largest absolute Gasteiger partial charge is 0.497 e. The number of rotatable bonds is 6. The van der Waals surface area contributed by atoms with Crippen LogP contribution in [-0.4, -0.2) is 18.9 Å². The number of methoxy groups -OCH3 is 1. The highest BCUT2D eigenvalue weighted by Gasteiger charge is 2.32. The van der Waals surface area contributed by atoms with Crippen LogP contribution in [0.4, 0.5) is 0 Å². The van der Waals surface area contributed by atoms with Crippen LogP contribution in [0.2, 0.25) is 0 Å². The Kier molecular flexibility index (Phi) is 5.98. The first kappa shape index (κ1) is 16.7. The molecule has 0 saturated carbocycles. The predicted octanol–water partition coefficient (Wildman–Crippen LogP) is 5.42. The van der Waals surface area contributed by atoms with Gasteiger partial charge in [0.15, 0.2) is 0 Å². The standard InChI is InChI=1S/C17H17BrCl2O/c1-21-14-6-4-5-13(9-14)10-17(11-19,12-20)15-7-2-3-8-16(15)18/h2-9H,10-12H2,1H3. The molecule has 0 spiro atoms. The molecule has 0 atom stereocenters. The van der Waals surface area contributed by atoms with Gasteiger partial charge in [0.1, 0.15) is 5.75 Å². The Hall–Kier alpha value is -0.700. The van der Waals surface area contributed by atoms with Crippen molar-refractivity contribution in [2.45, 2.75) is 11.8 Å². The van der Waals surface area contributed by atoms with E-state index in [4.69, 9.17) is 27.9 Å². The topological polar surface area (TPSA) is 9.23 Å². The third-order valence-electron chi connectivity index (χ3n) is 3.63. The lowest BCUT2D eigenvalue weighted by atomic mass is 9.78. The van der Waals surface area contributed by atoms with Crippen molar-refractivity contribution in [2.24, 2.45) is 0 Å². The van der Waals surface area contributed by atoms with Crippen molar-refractivity contribution >= 4 is 39.1 Å². The van der Waals surface area contributed by atoms with Gasteiger partial charge in [0, 0.05) is 21.6 Å². The molecule has 0 aliphatic rings. The van der Waals surface area contributed by atoms with Crippen molar-refractivity contribution in [3.05, 3.63) is 64.1 Å². The minimum Gasteiger partial charge on any atom is -0.497 e. The van der Waals surface area contributed by atoms with Crippen molar-refractivity contribution in [1.29, 1.82) is 0 Å². The summed E-state index contributed by atoms with van der Waals surface area (Å²) in [6.45, 7) is 0. The molecule has 112 valence electrons. The van der Waals surface area contributed by atoms with E-state index in [1.807, 2.05) is 36.4 Å². The zero-order chi connectivity index (χ0) is 15.3. The van der Waals surface area contributed by atoms with E-state index in [1.54, 1.807) is 7.11 Å². The molecule has 0 radical (unpaired) electrons. The summed E-state index contributed by atoms with van der Waals surface area (Å²) in [7, 11) is 1.67. The van der Waals surface area contributed by atoms with E-state index >= 15 is 0 Å². The molecule has 4 heteroatoms. The van der Waals surface area contributed by atoms with Crippen LogP contribution in [-0.2, 0) is 11.8 Å². The molecule has 2 aromatic carbocycles. The smallest absolute Gasteiger partial charge is 0.119 e. The summed E-state index contributed by atoms with van der Waals surface area (Å²) in [4.78, 5) is 0. The van der Waals surface area contributed by atoms with Crippen LogP contribution in [0.25, 0.3) is 0 Å². The van der Waals surface area contributed by atoms with E-state index in [-0.39, 0.29) is 5.41 Å². The highest BCUT2D eigenvalue weighted by Crippen LogP contribution is 2.36. The molecule has 21 heavy (non-hydrogen) atoms. The molecule has 0 aliphatic carbocycles. The molecule has 2 rings (SSSR count). The molecule has 0 aliphatic heterocycles. The van der Waals surface area contributed by atoms with E-state index in [0.717, 1.165) is 27.8 Å². The minimum absolute atomic E-state index is 0.310. The van der Waals surface area contributed by atoms with Gasteiger partial charge in [-0.05, 0) is 35.7 Å². The van der Waals surface area contributed by atoms with Crippen LogP contribution in [0.5, 0.6) is 5.75 Å². The molecule has 0 N–H and O–H groups in total. The predicted molar refractivity (Wildman–Crippen MR) is 94.0 cm³/mol. The molecule has 0 unspecified atom stereocenters. The van der Waals surface area contributed by atoms with E-state index < -0.39 is 0 Å². The van der Waals surface area contributed by atoms with Crippen LogP contribution in [0.1, 0.15) is 11.1 Å². The molecule has 0 heterocycles. The lowest BCUT2D eigenvalue weighted by Crippen LogP contribution is -2.33. The molecule has 0 amide bonds. The number of hydrogen-bond donors (Lipinski definition) is 0.